The first-order valence-electron chi connectivity index (χ1n) is 26.1. The van der Waals surface area contributed by atoms with E-state index in [2.05, 4.69) is 67.8 Å². The van der Waals surface area contributed by atoms with E-state index in [0.717, 1.165) is 44.9 Å². The molecule has 350 valence electrons. The molecule has 0 aliphatic carbocycles. The van der Waals surface area contributed by atoms with Gasteiger partial charge in [-0.2, -0.15) is 0 Å². The van der Waals surface area contributed by atoms with Gasteiger partial charge in [0.2, 0.25) is 5.91 Å². The highest BCUT2D eigenvalue weighted by molar-refractivity contribution is 5.76. The first-order chi connectivity index (χ1) is 29.5. The number of nitrogens with one attached hydrogen (secondary N) is 1. The van der Waals surface area contributed by atoms with Gasteiger partial charge in [-0.1, -0.05) is 235 Å². The Morgan fingerprint density at radius 3 is 1.17 bits per heavy atom. The van der Waals surface area contributed by atoms with Crippen molar-refractivity contribution in [2.45, 2.75) is 276 Å². The summed E-state index contributed by atoms with van der Waals surface area (Å²) in [5, 5.41) is 33.3. The summed E-state index contributed by atoms with van der Waals surface area (Å²) in [4.78, 5) is 12.5. The van der Waals surface area contributed by atoms with Crippen molar-refractivity contribution in [2.75, 3.05) is 6.61 Å². The molecule has 5 heteroatoms. The summed E-state index contributed by atoms with van der Waals surface area (Å²) in [5.74, 6) is -0.331. The lowest BCUT2D eigenvalue weighted by molar-refractivity contribution is -0.124. The SMILES string of the molecule is CCCCCCCCCC/C=C/CC/C=C/CC/C=C/C(O)C(CO)NC(=O)CC(O)CCCCCCCCCCCCC/C=C\C/C=C\CCCCCCCCCCC. The summed E-state index contributed by atoms with van der Waals surface area (Å²) in [5.41, 5.74) is 0. The van der Waals surface area contributed by atoms with Crippen molar-refractivity contribution in [2.24, 2.45) is 0 Å². The van der Waals surface area contributed by atoms with Crippen LogP contribution < -0.4 is 5.32 Å². The Balaban J connectivity index is 3.66. The van der Waals surface area contributed by atoms with Crippen molar-refractivity contribution in [3.63, 3.8) is 0 Å². The number of hydrogen-bond donors (Lipinski definition) is 4. The zero-order valence-corrected chi connectivity index (χ0v) is 39.8. The predicted octanol–water partition coefficient (Wildman–Crippen LogP) is 15.8. The molecule has 0 radical (unpaired) electrons. The molecule has 5 nitrogen and oxygen atoms in total. The van der Waals surface area contributed by atoms with Crippen molar-refractivity contribution in [1.82, 2.24) is 5.32 Å². The second kappa shape index (κ2) is 49.7. The molecule has 0 aliphatic rings. The van der Waals surface area contributed by atoms with Crippen molar-refractivity contribution < 1.29 is 20.1 Å². The molecule has 0 aromatic heterocycles. The third-order valence-electron chi connectivity index (χ3n) is 11.8. The minimum absolute atomic E-state index is 0.000776. The number of amides is 1. The normalized spacial score (nSPS) is 13.9. The zero-order chi connectivity index (χ0) is 43.7. The molecule has 0 bridgehead atoms. The van der Waals surface area contributed by atoms with Crippen LogP contribution in [-0.2, 0) is 4.79 Å². The van der Waals surface area contributed by atoms with E-state index in [-0.39, 0.29) is 18.9 Å². The van der Waals surface area contributed by atoms with Gasteiger partial charge in [0, 0.05) is 0 Å². The molecule has 0 rings (SSSR count). The first kappa shape index (κ1) is 58.0. The molecule has 1 amide bonds. The molecular formula is C55H101NO4. The number of rotatable bonds is 47. The quantitative estimate of drug-likeness (QED) is 0.0363. The maximum Gasteiger partial charge on any atom is 0.222 e. The molecule has 0 saturated carbocycles. The van der Waals surface area contributed by atoms with E-state index < -0.39 is 18.2 Å². The summed E-state index contributed by atoms with van der Waals surface area (Å²) in [6.07, 6.45) is 66.7. The highest BCUT2D eigenvalue weighted by Crippen LogP contribution is 2.15. The van der Waals surface area contributed by atoms with Gasteiger partial charge in [-0.15, -0.1) is 0 Å². The van der Waals surface area contributed by atoms with Gasteiger partial charge >= 0.3 is 0 Å². The molecule has 3 unspecified atom stereocenters. The Morgan fingerprint density at radius 2 is 0.767 bits per heavy atom. The largest absolute Gasteiger partial charge is 0.394 e. The van der Waals surface area contributed by atoms with Crippen LogP contribution in [0.15, 0.2) is 60.8 Å². The molecule has 0 spiro atoms. The Morgan fingerprint density at radius 1 is 0.433 bits per heavy atom. The van der Waals surface area contributed by atoms with Crippen LogP contribution in [0.5, 0.6) is 0 Å². The molecule has 0 aromatic carbocycles. The molecule has 4 N–H and O–H groups in total. The van der Waals surface area contributed by atoms with E-state index in [1.54, 1.807) is 6.08 Å². The number of allylic oxidation sites excluding steroid dienone is 9. The lowest BCUT2D eigenvalue weighted by atomic mass is 10.0. The van der Waals surface area contributed by atoms with Gasteiger partial charge in [-0.3, -0.25) is 4.79 Å². The zero-order valence-electron chi connectivity index (χ0n) is 39.8. The molecule has 0 heterocycles. The van der Waals surface area contributed by atoms with Crippen molar-refractivity contribution >= 4 is 5.91 Å². The van der Waals surface area contributed by atoms with E-state index in [1.165, 1.54) is 186 Å². The van der Waals surface area contributed by atoms with Gasteiger partial charge in [-0.05, 0) is 77.0 Å². The van der Waals surface area contributed by atoms with E-state index in [9.17, 15) is 20.1 Å². The number of carbonyl (C=O) groups is 1. The molecule has 0 saturated heterocycles. The summed E-state index contributed by atoms with van der Waals surface area (Å²) in [7, 11) is 0. The molecular weight excluding hydrogens is 739 g/mol. The van der Waals surface area contributed by atoms with Gasteiger partial charge in [0.1, 0.15) is 0 Å². The van der Waals surface area contributed by atoms with Gasteiger partial charge in [-0.25, -0.2) is 0 Å². The average Bonchev–Trinajstić information content (AvgIpc) is 3.24. The lowest BCUT2D eigenvalue weighted by Gasteiger charge is -2.21. The summed E-state index contributed by atoms with van der Waals surface area (Å²) in [6.45, 7) is 4.20. The van der Waals surface area contributed by atoms with Gasteiger partial charge in [0.05, 0.1) is 31.3 Å². The van der Waals surface area contributed by atoms with Crippen LogP contribution in [0, 0.1) is 0 Å². The molecule has 60 heavy (non-hydrogen) atoms. The Hall–Kier alpha value is -1.95. The van der Waals surface area contributed by atoms with E-state index >= 15 is 0 Å². The van der Waals surface area contributed by atoms with Crippen LogP contribution in [0.2, 0.25) is 0 Å². The fourth-order valence-electron chi connectivity index (χ4n) is 7.76. The predicted molar refractivity (Wildman–Crippen MR) is 264 cm³/mol. The van der Waals surface area contributed by atoms with Crippen LogP contribution in [0.25, 0.3) is 0 Å². The fourth-order valence-corrected chi connectivity index (χ4v) is 7.76. The standard InChI is InChI=1S/C55H101NO4/c1-3-5-7-9-11-13-15-17-19-21-23-24-25-26-27-28-29-30-31-32-34-36-38-40-42-44-46-48-52(58)50-55(60)56-53(51-57)54(59)49-47-45-43-41-39-37-35-33-22-20-18-16-14-12-10-8-6-4-2/h22-24,26-27,33,39,41,47,49,52-54,57-59H,3-21,25,28-32,34-38,40,42-46,48,50-51H2,1-2H3,(H,56,60)/b24-23-,27-26-,33-22+,41-39+,49-47+. The number of carbonyl (C=O) groups excluding carboxylic acids is 1. The van der Waals surface area contributed by atoms with Gasteiger partial charge < -0.3 is 20.6 Å². The average molecular weight is 840 g/mol. The number of aliphatic hydroxyl groups is 3. The Bertz CT molecular complexity index is 1020. The molecule has 0 fully saturated rings. The summed E-state index contributed by atoms with van der Waals surface area (Å²) < 4.78 is 0. The van der Waals surface area contributed by atoms with Gasteiger partial charge in [0.15, 0.2) is 0 Å². The second-order valence-corrected chi connectivity index (χ2v) is 17.8. The second-order valence-electron chi connectivity index (χ2n) is 17.8. The Kier molecular flexibility index (Phi) is 48.1. The van der Waals surface area contributed by atoms with E-state index in [4.69, 9.17) is 0 Å². The van der Waals surface area contributed by atoms with Crippen molar-refractivity contribution in [3.05, 3.63) is 60.8 Å². The molecule has 3 atom stereocenters. The smallest absolute Gasteiger partial charge is 0.222 e. The highest BCUT2D eigenvalue weighted by atomic mass is 16.3. The van der Waals surface area contributed by atoms with Crippen LogP contribution >= 0.6 is 0 Å². The molecule has 0 aliphatic heterocycles. The topological polar surface area (TPSA) is 89.8 Å². The monoisotopic (exact) mass is 840 g/mol. The third kappa shape index (κ3) is 45.6. The minimum Gasteiger partial charge on any atom is -0.394 e. The van der Waals surface area contributed by atoms with Gasteiger partial charge in [0.25, 0.3) is 0 Å². The van der Waals surface area contributed by atoms with Crippen molar-refractivity contribution in [1.29, 1.82) is 0 Å². The van der Waals surface area contributed by atoms with Crippen LogP contribution in [0.3, 0.4) is 0 Å². The van der Waals surface area contributed by atoms with Crippen LogP contribution in [0.4, 0.5) is 0 Å². The third-order valence-corrected chi connectivity index (χ3v) is 11.8. The van der Waals surface area contributed by atoms with Crippen LogP contribution in [0.1, 0.15) is 258 Å². The number of hydrogen-bond acceptors (Lipinski definition) is 4. The highest BCUT2D eigenvalue weighted by Gasteiger charge is 2.20. The van der Waals surface area contributed by atoms with E-state index in [0.29, 0.717) is 6.42 Å². The van der Waals surface area contributed by atoms with E-state index in [1.807, 2.05) is 6.08 Å². The summed E-state index contributed by atoms with van der Waals surface area (Å²) in [6, 6.07) is -0.771. The van der Waals surface area contributed by atoms with Crippen LogP contribution in [-0.4, -0.2) is 46.1 Å². The Labute approximate surface area is 373 Å². The van der Waals surface area contributed by atoms with Crippen molar-refractivity contribution in [3.8, 4) is 0 Å². The molecule has 0 aromatic rings. The summed E-state index contributed by atoms with van der Waals surface area (Å²) >= 11 is 0. The number of unbranched alkanes of at least 4 members (excludes halogenated alkanes) is 30. The maximum absolute atomic E-state index is 12.5. The number of aliphatic hydroxyl groups excluding tert-OH is 3. The maximum atomic E-state index is 12.5. The minimum atomic E-state index is -0.963. The first-order valence-corrected chi connectivity index (χ1v) is 26.1. The fraction of sp³-hybridized carbons (Fsp3) is 0.800. The lowest BCUT2D eigenvalue weighted by Crippen LogP contribution is -2.45.